The molecule has 0 aliphatic carbocycles. The van der Waals surface area contributed by atoms with Gasteiger partial charge in [-0.15, -0.1) is 0 Å². The Kier molecular flexibility index (Phi) is 5.32. The Balaban J connectivity index is 2.74. The molecule has 1 rings (SSSR count). The van der Waals surface area contributed by atoms with Crippen molar-refractivity contribution in [3.63, 3.8) is 0 Å². The van der Waals surface area contributed by atoms with Crippen LogP contribution in [-0.4, -0.2) is 46.0 Å². The lowest BCUT2D eigenvalue weighted by Gasteiger charge is -2.35. The number of hydrogen-bond acceptors (Lipinski definition) is 3. The minimum Gasteiger partial charge on any atom is -0.481 e. The van der Waals surface area contributed by atoms with E-state index >= 15 is 0 Å². The molecule has 0 aromatic heterocycles. The molecule has 1 aliphatic rings. The lowest BCUT2D eigenvalue weighted by atomic mass is 9.85. The highest BCUT2D eigenvalue weighted by molar-refractivity contribution is 5.83. The maximum atomic E-state index is 12.1. The van der Waals surface area contributed by atoms with Crippen LogP contribution >= 0.6 is 0 Å². The second kappa shape index (κ2) is 6.54. The predicted molar refractivity (Wildman–Crippen MR) is 67.5 cm³/mol. The first-order valence-corrected chi connectivity index (χ1v) is 6.62. The molecule has 6 heteroatoms. The molecule has 0 spiro atoms. The highest BCUT2D eigenvalue weighted by Crippen LogP contribution is 2.26. The number of amides is 1. The van der Waals surface area contributed by atoms with Crippen LogP contribution in [0.4, 0.5) is 0 Å². The highest BCUT2D eigenvalue weighted by Gasteiger charge is 2.40. The van der Waals surface area contributed by atoms with E-state index in [9.17, 15) is 14.4 Å². The Morgan fingerprint density at radius 2 is 1.79 bits per heavy atom. The third kappa shape index (κ3) is 3.68. The van der Waals surface area contributed by atoms with Gasteiger partial charge < -0.3 is 15.1 Å². The van der Waals surface area contributed by atoms with E-state index in [4.69, 9.17) is 10.2 Å². The van der Waals surface area contributed by atoms with Crippen molar-refractivity contribution in [1.29, 1.82) is 0 Å². The molecule has 1 fully saturated rings. The smallest absolute Gasteiger partial charge is 0.309 e. The van der Waals surface area contributed by atoms with Crippen LogP contribution in [0.3, 0.4) is 0 Å². The van der Waals surface area contributed by atoms with E-state index in [1.54, 1.807) is 0 Å². The third-order valence-corrected chi connectivity index (χ3v) is 3.70. The van der Waals surface area contributed by atoms with Crippen molar-refractivity contribution in [2.45, 2.75) is 33.1 Å². The molecule has 1 amide bonds. The summed E-state index contributed by atoms with van der Waals surface area (Å²) in [5, 5.41) is 18.1. The van der Waals surface area contributed by atoms with Gasteiger partial charge in [-0.25, -0.2) is 0 Å². The Bertz CT molecular complexity index is 368. The number of carbonyl (C=O) groups excluding carboxylic acids is 1. The number of carboxylic acids is 2. The summed E-state index contributed by atoms with van der Waals surface area (Å²) in [4.78, 5) is 35.8. The molecule has 3 unspecified atom stereocenters. The number of carboxylic acid groups (broad SMARTS) is 2. The van der Waals surface area contributed by atoms with Gasteiger partial charge in [0.05, 0.1) is 11.8 Å². The number of carbonyl (C=O) groups is 3. The average Bonchev–Trinajstić information content (AvgIpc) is 2.37. The average molecular weight is 271 g/mol. The summed E-state index contributed by atoms with van der Waals surface area (Å²) in [6, 6.07) is 0. The van der Waals surface area contributed by atoms with Crippen LogP contribution in [-0.2, 0) is 14.4 Å². The number of rotatable bonds is 5. The summed E-state index contributed by atoms with van der Waals surface area (Å²) in [7, 11) is 0. The van der Waals surface area contributed by atoms with Gasteiger partial charge in [-0.2, -0.15) is 0 Å². The minimum absolute atomic E-state index is 0.000806. The second-order valence-corrected chi connectivity index (χ2v) is 5.15. The predicted octanol–water partition coefficient (Wildman–Crippen LogP) is 1.06. The number of aliphatic carboxylic acids is 2. The zero-order valence-electron chi connectivity index (χ0n) is 11.3. The van der Waals surface area contributed by atoms with Crippen molar-refractivity contribution >= 4 is 17.8 Å². The first-order chi connectivity index (χ1) is 8.88. The maximum Gasteiger partial charge on any atom is 0.309 e. The highest BCUT2D eigenvalue weighted by atomic mass is 16.4. The molecule has 1 saturated heterocycles. The van der Waals surface area contributed by atoms with Gasteiger partial charge in [0.1, 0.15) is 0 Å². The number of hydrogen-bond donors (Lipinski definition) is 2. The topological polar surface area (TPSA) is 94.9 Å². The molecule has 0 saturated carbocycles. The number of piperidine rings is 1. The molecule has 19 heavy (non-hydrogen) atoms. The Morgan fingerprint density at radius 1 is 1.21 bits per heavy atom. The van der Waals surface area contributed by atoms with Gasteiger partial charge in [-0.1, -0.05) is 20.3 Å². The molecule has 108 valence electrons. The third-order valence-electron chi connectivity index (χ3n) is 3.70. The van der Waals surface area contributed by atoms with E-state index in [0.717, 1.165) is 12.8 Å². The van der Waals surface area contributed by atoms with Crippen molar-refractivity contribution in [2.75, 3.05) is 13.1 Å². The molecule has 0 bridgehead atoms. The van der Waals surface area contributed by atoms with E-state index in [1.807, 2.05) is 13.8 Å². The lowest BCUT2D eigenvalue weighted by molar-refractivity contribution is -0.159. The summed E-state index contributed by atoms with van der Waals surface area (Å²) in [5.41, 5.74) is 0. The number of likely N-dealkylation sites (tertiary alicyclic amines) is 1. The summed E-state index contributed by atoms with van der Waals surface area (Å²) < 4.78 is 0. The van der Waals surface area contributed by atoms with Crippen molar-refractivity contribution in [1.82, 2.24) is 4.90 Å². The molecule has 2 N–H and O–H groups in total. The molecule has 1 heterocycles. The van der Waals surface area contributed by atoms with Crippen LogP contribution in [0.1, 0.15) is 33.1 Å². The van der Waals surface area contributed by atoms with Crippen molar-refractivity contribution in [3.8, 4) is 0 Å². The number of nitrogens with zero attached hydrogens (tertiary/aromatic N) is 1. The van der Waals surface area contributed by atoms with Gasteiger partial charge >= 0.3 is 11.9 Å². The molecule has 3 atom stereocenters. The minimum atomic E-state index is -1.15. The van der Waals surface area contributed by atoms with Crippen molar-refractivity contribution in [2.24, 2.45) is 17.8 Å². The summed E-state index contributed by atoms with van der Waals surface area (Å²) in [6.45, 7) is 4.14. The second-order valence-electron chi connectivity index (χ2n) is 5.15. The molecule has 0 radical (unpaired) electrons. The van der Waals surface area contributed by atoms with Crippen LogP contribution in [0.25, 0.3) is 0 Å². The normalized spacial score (nSPS) is 24.8. The molecule has 6 nitrogen and oxygen atoms in total. The van der Waals surface area contributed by atoms with Crippen molar-refractivity contribution in [3.05, 3.63) is 0 Å². The van der Waals surface area contributed by atoms with Gasteiger partial charge in [0.25, 0.3) is 0 Å². The summed E-state index contributed by atoms with van der Waals surface area (Å²) in [6.07, 6.45) is 1.85. The van der Waals surface area contributed by atoms with Crippen LogP contribution in [0.5, 0.6) is 0 Å². The van der Waals surface area contributed by atoms with Gasteiger partial charge in [-0.3, -0.25) is 14.4 Å². The van der Waals surface area contributed by atoms with Crippen LogP contribution in [0.2, 0.25) is 0 Å². The van der Waals surface area contributed by atoms with E-state index < -0.39 is 23.8 Å². The SMILES string of the molecule is CCCC(C)C(=O)N1CCC(C(=O)O)C(C(=O)O)C1. The maximum absolute atomic E-state index is 12.1. The zero-order chi connectivity index (χ0) is 14.6. The molecular formula is C13H21NO5. The van der Waals surface area contributed by atoms with E-state index in [-0.39, 0.29) is 24.8 Å². The van der Waals surface area contributed by atoms with Gasteiger partial charge in [0.15, 0.2) is 0 Å². The molecule has 1 aliphatic heterocycles. The monoisotopic (exact) mass is 271 g/mol. The Hall–Kier alpha value is -1.59. The molecule has 0 aromatic rings. The first-order valence-electron chi connectivity index (χ1n) is 6.62. The van der Waals surface area contributed by atoms with Gasteiger partial charge in [0, 0.05) is 19.0 Å². The summed E-state index contributed by atoms with van der Waals surface area (Å²) >= 11 is 0. The van der Waals surface area contributed by atoms with E-state index in [1.165, 1.54) is 4.90 Å². The van der Waals surface area contributed by atoms with E-state index in [2.05, 4.69) is 0 Å². The Morgan fingerprint density at radius 3 is 2.26 bits per heavy atom. The standard InChI is InChI=1S/C13H21NO5/c1-3-4-8(2)11(15)14-6-5-9(12(16)17)10(7-14)13(18)19/h8-10H,3-7H2,1-2H3,(H,16,17)(H,18,19). The van der Waals surface area contributed by atoms with Crippen LogP contribution in [0, 0.1) is 17.8 Å². The lowest BCUT2D eigenvalue weighted by Crippen LogP contribution is -2.49. The fourth-order valence-corrected chi connectivity index (χ4v) is 2.57. The van der Waals surface area contributed by atoms with Gasteiger partial charge in [-0.05, 0) is 12.8 Å². The zero-order valence-corrected chi connectivity index (χ0v) is 11.3. The fraction of sp³-hybridized carbons (Fsp3) is 0.769. The molecule has 0 aromatic carbocycles. The van der Waals surface area contributed by atoms with Crippen molar-refractivity contribution < 1.29 is 24.6 Å². The van der Waals surface area contributed by atoms with E-state index in [0.29, 0.717) is 6.54 Å². The molecular weight excluding hydrogens is 250 g/mol. The quantitative estimate of drug-likeness (QED) is 0.779. The fourth-order valence-electron chi connectivity index (χ4n) is 2.57. The van der Waals surface area contributed by atoms with Crippen LogP contribution < -0.4 is 0 Å². The first kappa shape index (κ1) is 15.5. The summed E-state index contributed by atoms with van der Waals surface area (Å²) in [5.74, 6) is -4.36. The van der Waals surface area contributed by atoms with Crippen LogP contribution in [0.15, 0.2) is 0 Å². The van der Waals surface area contributed by atoms with Gasteiger partial charge in [0.2, 0.25) is 5.91 Å². The largest absolute Gasteiger partial charge is 0.481 e. The Labute approximate surface area is 112 Å².